The molecule has 1 aromatic heterocycles. The molecule has 3 nitrogen and oxygen atoms in total. The molecule has 3 heteroatoms. The second kappa shape index (κ2) is 6.07. The quantitative estimate of drug-likeness (QED) is 0.775. The average molecular weight is 306 g/mol. The van der Waals surface area contributed by atoms with Crippen LogP contribution in [-0.2, 0) is 11.3 Å². The third-order valence-electron chi connectivity index (χ3n) is 5.05. The highest BCUT2D eigenvalue weighted by Crippen LogP contribution is 2.34. The zero-order chi connectivity index (χ0) is 15.6. The molecule has 0 spiro atoms. The average Bonchev–Trinajstić information content (AvgIpc) is 3.10. The van der Waals surface area contributed by atoms with Crippen molar-refractivity contribution >= 4 is 5.91 Å². The Morgan fingerprint density at radius 3 is 2.65 bits per heavy atom. The van der Waals surface area contributed by atoms with Gasteiger partial charge in [-0.2, -0.15) is 0 Å². The largest absolute Gasteiger partial charge is 0.348 e. The van der Waals surface area contributed by atoms with Gasteiger partial charge < -0.3 is 9.47 Å². The predicted molar refractivity (Wildman–Crippen MR) is 90.9 cm³/mol. The number of fused-ring (bicyclic) bond motifs is 1. The molecule has 1 amide bonds. The van der Waals surface area contributed by atoms with E-state index in [1.165, 1.54) is 11.3 Å². The summed E-state index contributed by atoms with van der Waals surface area (Å²) >= 11 is 0. The lowest BCUT2D eigenvalue weighted by atomic mass is 9.91. The molecule has 1 aliphatic heterocycles. The van der Waals surface area contributed by atoms with Gasteiger partial charge in [-0.1, -0.05) is 42.5 Å². The predicted octanol–water partition coefficient (Wildman–Crippen LogP) is 3.78. The molecule has 118 valence electrons. The number of carbonyl (C=O) groups excluding carboxylic acids is 1. The van der Waals surface area contributed by atoms with E-state index < -0.39 is 0 Å². The summed E-state index contributed by atoms with van der Waals surface area (Å²) in [7, 11) is 0. The van der Waals surface area contributed by atoms with Gasteiger partial charge in [0.1, 0.15) is 0 Å². The molecule has 0 saturated carbocycles. The molecule has 4 rings (SSSR count). The Kier molecular flexibility index (Phi) is 3.78. The van der Waals surface area contributed by atoms with Crippen molar-refractivity contribution in [2.24, 2.45) is 5.92 Å². The summed E-state index contributed by atoms with van der Waals surface area (Å²) in [5.74, 6) is 0.461. The summed E-state index contributed by atoms with van der Waals surface area (Å²) in [6.07, 6.45) is 9.37. The van der Waals surface area contributed by atoms with Gasteiger partial charge in [0.25, 0.3) is 0 Å². The topological polar surface area (TPSA) is 25.2 Å². The van der Waals surface area contributed by atoms with E-state index in [0.29, 0.717) is 5.91 Å². The molecule has 0 unspecified atom stereocenters. The van der Waals surface area contributed by atoms with Crippen LogP contribution in [0.1, 0.15) is 36.6 Å². The van der Waals surface area contributed by atoms with Crippen molar-refractivity contribution in [1.82, 2.24) is 9.47 Å². The molecule has 1 aromatic carbocycles. The Morgan fingerprint density at radius 1 is 1.00 bits per heavy atom. The monoisotopic (exact) mass is 306 g/mol. The number of nitrogens with zero attached hydrogens (tertiary/aromatic N) is 2. The van der Waals surface area contributed by atoms with Gasteiger partial charge in [0.05, 0.1) is 6.04 Å². The molecule has 23 heavy (non-hydrogen) atoms. The molecule has 2 atom stereocenters. The maximum Gasteiger partial charge on any atom is 0.226 e. The highest BCUT2D eigenvalue weighted by atomic mass is 16.2. The second-order valence-corrected chi connectivity index (χ2v) is 6.45. The van der Waals surface area contributed by atoms with Crippen LogP contribution in [0.3, 0.4) is 0 Å². The number of hydrogen-bond acceptors (Lipinski definition) is 1. The van der Waals surface area contributed by atoms with Crippen molar-refractivity contribution in [1.29, 1.82) is 0 Å². The van der Waals surface area contributed by atoms with Crippen molar-refractivity contribution in [2.75, 3.05) is 6.54 Å². The maximum atomic E-state index is 13.2. The van der Waals surface area contributed by atoms with Crippen LogP contribution in [0, 0.1) is 5.92 Å². The normalized spacial score (nSPS) is 23.6. The molecule has 0 fully saturated rings. The van der Waals surface area contributed by atoms with Gasteiger partial charge in [-0.25, -0.2) is 0 Å². The van der Waals surface area contributed by atoms with Gasteiger partial charge in [0.15, 0.2) is 0 Å². The molecule has 0 N–H and O–H groups in total. The van der Waals surface area contributed by atoms with Crippen LogP contribution in [0.25, 0.3) is 0 Å². The third kappa shape index (κ3) is 2.61. The first-order valence-electron chi connectivity index (χ1n) is 8.50. The number of hydrogen-bond donors (Lipinski definition) is 0. The van der Waals surface area contributed by atoms with E-state index in [1.54, 1.807) is 0 Å². The molecule has 0 bridgehead atoms. The van der Waals surface area contributed by atoms with E-state index >= 15 is 0 Å². The Hall–Kier alpha value is -2.29. The Labute approximate surface area is 137 Å². The van der Waals surface area contributed by atoms with Crippen molar-refractivity contribution in [2.45, 2.75) is 31.8 Å². The van der Waals surface area contributed by atoms with Gasteiger partial charge in [-0.15, -0.1) is 0 Å². The summed E-state index contributed by atoms with van der Waals surface area (Å²) in [4.78, 5) is 15.3. The van der Waals surface area contributed by atoms with Crippen LogP contribution in [0.15, 0.2) is 60.8 Å². The van der Waals surface area contributed by atoms with Gasteiger partial charge in [0.2, 0.25) is 5.91 Å². The fraction of sp³-hybridized carbons (Fsp3) is 0.350. The highest BCUT2D eigenvalue weighted by Gasteiger charge is 2.35. The molecule has 2 heterocycles. The summed E-state index contributed by atoms with van der Waals surface area (Å²) in [5, 5.41) is 0. The van der Waals surface area contributed by atoms with Crippen LogP contribution < -0.4 is 0 Å². The van der Waals surface area contributed by atoms with Gasteiger partial charge in [0, 0.05) is 30.9 Å². The first-order valence-corrected chi connectivity index (χ1v) is 8.50. The first kappa shape index (κ1) is 14.3. The Balaban J connectivity index is 1.70. The van der Waals surface area contributed by atoms with Crippen molar-refractivity contribution in [3.8, 4) is 0 Å². The Bertz CT molecular complexity index is 716. The molecular formula is C20H22N2O. The van der Waals surface area contributed by atoms with E-state index in [-0.39, 0.29) is 12.0 Å². The van der Waals surface area contributed by atoms with Crippen molar-refractivity contribution in [3.05, 3.63) is 72.1 Å². The number of aromatic nitrogens is 1. The number of amides is 1. The summed E-state index contributed by atoms with van der Waals surface area (Å²) < 4.78 is 2.28. The lowest BCUT2D eigenvalue weighted by molar-refractivity contribution is -0.138. The number of carbonyl (C=O) groups is 1. The summed E-state index contributed by atoms with van der Waals surface area (Å²) in [6, 6.07) is 14.7. The lowest BCUT2D eigenvalue weighted by Crippen LogP contribution is -2.45. The van der Waals surface area contributed by atoms with E-state index in [1.807, 2.05) is 6.07 Å². The lowest BCUT2D eigenvalue weighted by Gasteiger charge is -2.39. The maximum absolute atomic E-state index is 13.2. The molecule has 0 radical (unpaired) electrons. The Morgan fingerprint density at radius 2 is 1.87 bits per heavy atom. The highest BCUT2D eigenvalue weighted by molar-refractivity contribution is 5.80. The van der Waals surface area contributed by atoms with Crippen LogP contribution in [0.5, 0.6) is 0 Å². The molecule has 1 aliphatic carbocycles. The van der Waals surface area contributed by atoms with E-state index in [4.69, 9.17) is 0 Å². The standard InChI is InChI=1S/C20H22N2O/c23-20(17-10-5-2-6-11-17)22-15-14-21-13-7-12-18(21)19(22)16-8-3-1-4-9-16/h1-5,7-9,12-13,17,19H,6,10-11,14-15H2/t17-,19-/m0/s1. The number of rotatable bonds is 2. The SMILES string of the molecule is O=C([C@H]1CC=CCC1)N1CCn2cccc2[C@@H]1c1ccccc1. The third-order valence-corrected chi connectivity index (χ3v) is 5.05. The fourth-order valence-corrected chi connectivity index (χ4v) is 3.86. The van der Waals surface area contributed by atoms with E-state index in [2.05, 4.69) is 64.2 Å². The van der Waals surface area contributed by atoms with Gasteiger partial charge in [-0.3, -0.25) is 4.79 Å². The summed E-state index contributed by atoms with van der Waals surface area (Å²) in [6.45, 7) is 1.68. The molecule has 2 aromatic rings. The zero-order valence-corrected chi connectivity index (χ0v) is 13.3. The van der Waals surface area contributed by atoms with Crippen molar-refractivity contribution < 1.29 is 4.79 Å². The minimum absolute atomic E-state index is 0.0401. The minimum Gasteiger partial charge on any atom is -0.348 e. The van der Waals surface area contributed by atoms with Gasteiger partial charge in [-0.05, 0) is 37.0 Å². The summed E-state index contributed by atoms with van der Waals surface area (Å²) in [5.41, 5.74) is 2.43. The van der Waals surface area contributed by atoms with E-state index in [9.17, 15) is 4.79 Å². The van der Waals surface area contributed by atoms with Crippen molar-refractivity contribution in [3.63, 3.8) is 0 Å². The molecule has 2 aliphatic rings. The van der Waals surface area contributed by atoms with Gasteiger partial charge >= 0.3 is 0 Å². The van der Waals surface area contributed by atoms with E-state index in [0.717, 1.165) is 32.4 Å². The first-order chi connectivity index (χ1) is 11.3. The van der Waals surface area contributed by atoms with Crippen LogP contribution in [-0.4, -0.2) is 21.9 Å². The van der Waals surface area contributed by atoms with Crippen LogP contribution in [0.2, 0.25) is 0 Å². The van der Waals surface area contributed by atoms with Crippen LogP contribution >= 0.6 is 0 Å². The molecule has 0 saturated heterocycles. The number of benzene rings is 1. The van der Waals surface area contributed by atoms with Crippen LogP contribution in [0.4, 0.5) is 0 Å². The minimum atomic E-state index is 0.0401. The fourth-order valence-electron chi connectivity index (χ4n) is 3.86. The molecular weight excluding hydrogens is 284 g/mol. The second-order valence-electron chi connectivity index (χ2n) is 6.45. The number of allylic oxidation sites excluding steroid dienone is 2. The smallest absolute Gasteiger partial charge is 0.226 e. The zero-order valence-electron chi connectivity index (χ0n) is 13.3.